The first-order valence-electron chi connectivity index (χ1n) is 5.77. The third-order valence-electron chi connectivity index (χ3n) is 2.33. The Labute approximate surface area is 116 Å². The number of hydrogen-bond donors (Lipinski definition) is 2. The average molecular weight is 318 g/mol. The molecule has 0 aliphatic heterocycles. The topological polar surface area (TPSA) is 53.1 Å². The number of hydrogen-bond acceptors (Lipinski definition) is 3. The minimum absolute atomic E-state index is 0.270. The van der Waals surface area contributed by atoms with Crippen LogP contribution in [0.2, 0.25) is 0 Å². The van der Waals surface area contributed by atoms with E-state index < -0.39 is 0 Å². The van der Waals surface area contributed by atoms with Gasteiger partial charge in [0.2, 0.25) is 0 Å². The highest BCUT2D eigenvalue weighted by molar-refractivity contribution is 9.11. The molecule has 96 valence electrons. The first kappa shape index (κ1) is 14.7. The van der Waals surface area contributed by atoms with Gasteiger partial charge in [-0.25, -0.2) is 0 Å². The van der Waals surface area contributed by atoms with Crippen LogP contribution in [0.4, 0.5) is 0 Å². The quantitative estimate of drug-likeness (QED) is 0.599. The average Bonchev–Trinajstić information content (AvgIpc) is 2.59. The van der Waals surface area contributed by atoms with Gasteiger partial charge in [-0.15, -0.1) is 11.3 Å². The number of amidine groups is 1. The van der Waals surface area contributed by atoms with E-state index in [1.165, 1.54) is 8.66 Å². The molecule has 1 aromatic rings. The molecule has 0 spiro atoms. The van der Waals surface area contributed by atoms with E-state index in [4.69, 9.17) is 11.1 Å². The summed E-state index contributed by atoms with van der Waals surface area (Å²) in [5.41, 5.74) is 5.42. The molecule has 3 N–H and O–H groups in total. The van der Waals surface area contributed by atoms with Gasteiger partial charge in [-0.2, -0.15) is 0 Å². The van der Waals surface area contributed by atoms with Crippen LogP contribution in [0.25, 0.3) is 0 Å². The Morgan fingerprint density at radius 3 is 2.71 bits per heavy atom. The first-order chi connectivity index (χ1) is 7.97. The minimum Gasteiger partial charge on any atom is -0.388 e. The van der Waals surface area contributed by atoms with Crippen LogP contribution in [0.5, 0.6) is 0 Å². The van der Waals surface area contributed by atoms with Crippen LogP contribution >= 0.6 is 27.3 Å². The van der Waals surface area contributed by atoms with Crippen LogP contribution in [-0.4, -0.2) is 23.8 Å². The standard InChI is InChI=1S/C12H20BrN3S/c1-9(2)7-16(6-5-12(14)15)8-10-3-4-11(13)17-10/h3-4,9H,5-8H2,1-2H3,(H3,14,15). The van der Waals surface area contributed by atoms with Crippen LogP contribution in [0.1, 0.15) is 25.1 Å². The van der Waals surface area contributed by atoms with Gasteiger partial charge in [0.05, 0.1) is 9.62 Å². The Hall–Kier alpha value is -0.390. The third-order valence-corrected chi connectivity index (χ3v) is 3.94. The molecule has 0 aliphatic rings. The fourth-order valence-electron chi connectivity index (χ4n) is 1.69. The number of thiophene rings is 1. The maximum Gasteiger partial charge on any atom is 0.0918 e. The summed E-state index contributed by atoms with van der Waals surface area (Å²) in [7, 11) is 0. The molecule has 0 aromatic carbocycles. The molecule has 0 atom stereocenters. The second-order valence-electron chi connectivity index (χ2n) is 4.61. The first-order valence-corrected chi connectivity index (χ1v) is 7.37. The second-order valence-corrected chi connectivity index (χ2v) is 7.16. The van der Waals surface area contributed by atoms with Gasteiger partial charge in [0.1, 0.15) is 0 Å². The zero-order valence-electron chi connectivity index (χ0n) is 10.4. The third kappa shape index (κ3) is 6.19. The van der Waals surface area contributed by atoms with Crippen LogP contribution in [0.15, 0.2) is 15.9 Å². The van der Waals surface area contributed by atoms with Crippen LogP contribution in [-0.2, 0) is 6.54 Å². The molecule has 1 rings (SSSR count). The predicted octanol–water partition coefficient (Wildman–Crippen LogP) is 3.29. The molecule has 0 saturated carbocycles. The summed E-state index contributed by atoms with van der Waals surface area (Å²) < 4.78 is 1.17. The molecule has 0 saturated heterocycles. The summed E-state index contributed by atoms with van der Waals surface area (Å²) in [5.74, 6) is 0.900. The van der Waals surface area contributed by atoms with Crippen molar-refractivity contribution in [3.63, 3.8) is 0 Å². The summed E-state index contributed by atoms with van der Waals surface area (Å²) in [5, 5.41) is 7.30. The van der Waals surface area contributed by atoms with E-state index in [1.54, 1.807) is 11.3 Å². The lowest BCUT2D eigenvalue weighted by molar-refractivity contribution is 0.244. The molecule has 1 heterocycles. The molecule has 0 unspecified atom stereocenters. The molecule has 17 heavy (non-hydrogen) atoms. The highest BCUT2D eigenvalue weighted by Gasteiger charge is 2.10. The number of nitrogens with zero attached hydrogens (tertiary/aromatic N) is 1. The Morgan fingerprint density at radius 2 is 2.24 bits per heavy atom. The highest BCUT2D eigenvalue weighted by Crippen LogP contribution is 2.23. The fraction of sp³-hybridized carbons (Fsp3) is 0.583. The van der Waals surface area contributed by atoms with Crippen molar-refractivity contribution in [1.82, 2.24) is 4.90 Å². The van der Waals surface area contributed by atoms with E-state index in [0.29, 0.717) is 12.3 Å². The smallest absolute Gasteiger partial charge is 0.0918 e. The van der Waals surface area contributed by atoms with Gasteiger partial charge < -0.3 is 5.73 Å². The van der Waals surface area contributed by atoms with Crippen molar-refractivity contribution < 1.29 is 0 Å². The Bertz CT molecular complexity index is 362. The van der Waals surface area contributed by atoms with Crippen LogP contribution in [0.3, 0.4) is 0 Å². The van der Waals surface area contributed by atoms with Gasteiger partial charge in [-0.3, -0.25) is 10.3 Å². The minimum atomic E-state index is 0.270. The van der Waals surface area contributed by atoms with E-state index in [0.717, 1.165) is 19.6 Å². The molecular weight excluding hydrogens is 298 g/mol. The molecular formula is C12H20BrN3S. The van der Waals surface area contributed by atoms with Crippen LogP contribution < -0.4 is 5.73 Å². The summed E-state index contributed by atoms with van der Waals surface area (Å²) in [6.07, 6.45) is 0.652. The van der Waals surface area contributed by atoms with Crippen molar-refractivity contribution in [2.75, 3.05) is 13.1 Å². The van der Waals surface area contributed by atoms with E-state index >= 15 is 0 Å². The van der Waals surface area contributed by atoms with Gasteiger partial charge >= 0.3 is 0 Å². The SMILES string of the molecule is CC(C)CN(CCC(=N)N)Cc1ccc(Br)s1. The van der Waals surface area contributed by atoms with Crippen molar-refractivity contribution in [3.05, 3.63) is 20.8 Å². The second kappa shape index (κ2) is 7.13. The van der Waals surface area contributed by atoms with Gasteiger partial charge in [0, 0.05) is 30.9 Å². The van der Waals surface area contributed by atoms with Crippen molar-refractivity contribution in [1.29, 1.82) is 5.41 Å². The molecule has 0 amide bonds. The number of halogens is 1. The zero-order valence-corrected chi connectivity index (χ0v) is 12.8. The lowest BCUT2D eigenvalue weighted by Gasteiger charge is -2.23. The summed E-state index contributed by atoms with van der Waals surface area (Å²) >= 11 is 5.25. The predicted molar refractivity (Wildman–Crippen MR) is 78.7 cm³/mol. The summed E-state index contributed by atoms with van der Waals surface area (Å²) in [6.45, 7) is 7.28. The van der Waals surface area contributed by atoms with Gasteiger partial charge in [-0.05, 0) is 34.0 Å². The molecule has 1 aromatic heterocycles. The Kier molecular flexibility index (Phi) is 6.16. The fourth-order valence-corrected chi connectivity index (χ4v) is 3.21. The lowest BCUT2D eigenvalue weighted by atomic mass is 10.2. The number of nitrogens with one attached hydrogen (secondary N) is 1. The maximum atomic E-state index is 7.30. The van der Waals surface area contributed by atoms with Crippen LogP contribution in [0, 0.1) is 11.3 Å². The maximum absolute atomic E-state index is 7.30. The van der Waals surface area contributed by atoms with Crippen molar-refractivity contribution in [2.45, 2.75) is 26.8 Å². The van der Waals surface area contributed by atoms with E-state index in [2.05, 4.69) is 46.8 Å². The van der Waals surface area contributed by atoms with Crippen molar-refractivity contribution >= 4 is 33.1 Å². The van der Waals surface area contributed by atoms with Crippen molar-refractivity contribution in [3.8, 4) is 0 Å². The van der Waals surface area contributed by atoms with E-state index in [1.807, 2.05) is 0 Å². The monoisotopic (exact) mass is 317 g/mol. The molecule has 5 heteroatoms. The van der Waals surface area contributed by atoms with Gasteiger partial charge in [0.15, 0.2) is 0 Å². The molecule has 0 radical (unpaired) electrons. The lowest BCUT2D eigenvalue weighted by Crippen LogP contribution is -2.30. The summed E-state index contributed by atoms with van der Waals surface area (Å²) in [4.78, 5) is 3.71. The number of nitrogens with two attached hydrogens (primary N) is 1. The van der Waals surface area contributed by atoms with E-state index in [9.17, 15) is 0 Å². The molecule has 3 nitrogen and oxygen atoms in total. The highest BCUT2D eigenvalue weighted by atomic mass is 79.9. The van der Waals surface area contributed by atoms with Gasteiger partial charge in [0.25, 0.3) is 0 Å². The van der Waals surface area contributed by atoms with E-state index in [-0.39, 0.29) is 5.84 Å². The molecule has 0 bridgehead atoms. The normalized spacial score (nSPS) is 11.4. The van der Waals surface area contributed by atoms with Crippen molar-refractivity contribution in [2.24, 2.45) is 11.7 Å². The molecule has 0 aliphatic carbocycles. The molecule has 0 fully saturated rings. The number of rotatable bonds is 7. The zero-order chi connectivity index (χ0) is 12.8. The Morgan fingerprint density at radius 1 is 1.53 bits per heavy atom. The summed E-state index contributed by atoms with van der Waals surface area (Å²) in [6, 6.07) is 4.23. The Balaban J connectivity index is 2.53. The van der Waals surface area contributed by atoms with Gasteiger partial charge in [-0.1, -0.05) is 13.8 Å². The largest absolute Gasteiger partial charge is 0.388 e.